The lowest BCUT2D eigenvalue weighted by molar-refractivity contribution is -0.137. The van der Waals surface area contributed by atoms with Gasteiger partial charge in [-0.3, -0.25) is 0 Å². The van der Waals surface area contributed by atoms with Crippen LogP contribution < -0.4 is 10.1 Å². The topological polar surface area (TPSA) is 47.6 Å². The number of halogens is 3. The van der Waals surface area contributed by atoms with Crippen molar-refractivity contribution in [2.45, 2.75) is 38.2 Å². The van der Waals surface area contributed by atoms with E-state index in [0.29, 0.717) is 23.7 Å². The van der Waals surface area contributed by atoms with Gasteiger partial charge in [-0.05, 0) is 44.5 Å². The highest BCUT2D eigenvalue weighted by atomic mass is 32.2. The zero-order valence-corrected chi connectivity index (χ0v) is 14.9. The van der Waals surface area contributed by atoms with Crippen molar-refractivity contribution in [1.82, 2.24) is 5.32 Å². The molecule has 136 valence electrons. The van der Waals surface area contributed by atoms with E-state index in [0.717, 1.165) is 12.1 Å². The first-order valence-corrected chi connectivity index (χ1v) is 8.44. The van der Waals surface area contributed by atoms with Crippen molar-refractivity contribution >= 4 is 17.9 Å². The summed E-state index contributed by atoms with van der Waals surface area (Å²) in [6, 6.07) is 3.33. The van der Waals surface area contributed by atoms with Gasteiger partial charge in [0.25, 0.3) is 0 Å². The number of carbonyl (C=O) groups is 1. The fraction of sp³-hybridized carbons (Fsp3) is 0.562. The summed E-state index contributed by atoms with van der Waals surface area (Å²) in [4.78, 5) is 11.8. The molecule has 0 unspecified atom stereocenters. The van der Waals surface area contributed by atoms with Crippen LogP contribution in [0.15, 0.2) is 18.2 Å². The zero-order chi connectivity index (χ0) is 18.4. The monoisotopic (exact) mass is 365 g/mol. The average Bonchev–Trinajstić information content (AvgIpc) is 2.40. The van der Waals surface area contributed by atoms with Gasteiger partial charge in [0.05, 0.1) is 12.2 Å². The molecule has 0 aliphatic carbocycles. The van der Waals surface area contributed by atoms with Crippen molar-refractivity contribution in [3.63, 3.8) is 0 Å². The van der Waals surface area contributed by atoms with E-state index in [4.69, 9.17) is 9.47 Å². The summed E-state index contributed by atoms with van der Waals surface area (Å²) in [5, 5.41) is 2.54. The van der Waals surface area contributed by atoms with Gasteiger partial charge in [0.2, 0.25) is 0 Å². The van der Waals surface area contributed by atoms with E-state index in [-0.39, 0.29) is 5.75 Å². The SMILES string of the molecule is COCCSCc1cc(OC(=O)NC(C)(C)C)cc(C(F)(F)F)c1. The minimum Gasteiger partial charge on any atom is -0.410 e. The van der Waals surface area contributed by atoms with Crippen LogP contribution in [0.5, 0.6) is 5.75 Å². The van der Waals surface area contributed by atoms with Gasteiger partial charge in [-0.1, -0.05) is 0 Å². The van der Waals surface area contributed by atoms with E-state index < -0.39 is 23.4 Å². The Morgan fingerprint density at radius 3 is 2.42 bits per heavy atom. The van der Waals surface area contributed by atoms with Crippen LogP contribution in [0.4, 0.5) is 18.0 Å². The molecule has 0 saturated carbocycles. The second-order valence-electron chi connectivity index (χ2n) is 6.17. The van der Waals surface area contributed by atoms with Crippen LogP contribution in [0.25, 0.3) is 0 Å². The molecule has 24 heavy (non-hydrogen) atoms. The number of hydrogen-bond donors (Lipinski definition) is 1. The number of ether oxygens (including phenoxy) is 2. The van der Waals surface area contributed by atoms with Gasteiger partial charge in [0.15, 0.2) is 0 Å². The summed E-state index contributed by atoms with van der Waals surface area (Å²) in [7, 11) is 1.56. The molecular weight excluding hydrogens is 343 g/mol. The lowest BCUT2D eigenvalue weighted by atomic mass is 10.1. The van der Waals surface area contributed by atoms with E-state index in [1.54, 1.807) is 27.9 Å². The molecule has 8 heteroatoms. The smallest absolute Gasteiger partial charge is 0.410 e. The number of nitrogens with one attached hydrogen (secondary N) is 1. The molecule has 0 spiro atoms. The third-order valence-corrected chi connectivity index (χ3v) is 3.67. The maximum absolute atomic E-state index is 13.0. The van der Waals surface area contributed by atoms with Crippen LogP contribution in [0.3, 0.4) is 0 Å². The number of amides is 1. The fourth-order valence-corrected chi connectivity index (χ4v) is 2.57. The van der Waals surface area contributed by atoms with Gasteiger partial charge < -0.3 is 14.8 Å². The molecule has 1 aromatic carbocycles. The molecule has 0 aliphatic rings. The number of benzene rings is 1. The number of rotatable bonds is 6. The second-order valence-corrected chi connectivity index (χ2v) is 7.28. The molecule has 1 amide bonds. The molecule has 4 nitrogen and oxygen atoms in total. The Morgan fingerprint density at radius 1 is 1.21 bits per heavy atom. The van der Waals surface area contributed by atoms with E-state index in [1.165, 1.54) is 17.8 Å². The minimum absolute atomic E-state index is 0.131. The lowest BCUT2D eigenvalue weighted by Crippen LogP contribution is -2.42. The van der Waals surface area contributed by atoms with Gasteiger partial charge in [-0.2, -0.15) is 24.9 Å². The molecule has 0 bridgehead atoms. The van der Waals surface area contributed by atoms with Crippen LogP contribution in [0, 0.1) is 0 Å². The Balaban J connectivity index is 2.91. The third-order valence-electron chi connectivity index (χ3n) is 2.68. The Kier molecular flexibility index (Phi) is 7.41. The van der Waals surface area contributed by atoms with Crippen molar-refractivity contribution in [2.75, 3.05) is 19.5 Å². The number of thioether (sulfide) groups is 1. The van der Waals surface area contributed by atoms with Gasteiger partial charge in [0, 0.05) is 24.2 Å². The van der Waals surface area contributed by atoms with Crippen molar-refractivity contribution < 1.29 is 27.4 Å². The molecule has 0 fully saturated rings. The van der Waals surface area contributed by atoms with E-state index in [2.05, 4.69) is 5.32 Å². The Morgan fingerprint density at radius 2 is 1.88 bits per heavy atom. The van der Waals surface area contributed by atoms with Crippen LogP contribution in [-0.4, -0.2) is 31.1 Å². The largest absolute Gasteiger partial charge is 0.416 e. The number of methoxy groups -OCH3 is 1. The van der Waals surface area contributed by atoms with E-state index >= 15 is 0 Å². The molecule has 0 aromatic heterocycles. The van der Waals surface area contributed by atoms with Crippen molar-refractivity contribution in [1.29, 1.82) is 0 Å². The van der Waals surface area contributed by atoms with E-state index in [1.807, 2.05) is 0 Å². The first kappa shape index (κ1) is 20.6. The Labute approximate surface area is 144 Å². The van der Waals surface area contributed by atoms with Crippen molar-refractivity contribution in [2.24, 2.45) is 0 Å². The molecule has 0 radical (unpaired) electrons. The van der Waals surface area contributed by atoms with Crippen LogP contribution in [0.2, 0.25) is 0 Å². The van der Waals surface area contributed by atoms with Crippen LogP contribution in [0.1, 0.15) is 31.9 Å². The molecule has 0 saturated heterocycles. The summed E-state index contributed by atoms with van der Waals surface area (Å²) in [5.41, 5.74) is -0.951. The van der Waals surface area contributed by atoms with Gasteiger partial charge in [0.1, 0.15) is 5.75 Å². The lowest BCUT2D eigenvalue weighted by Gasteiger charge is -2.20. The molecule has 1 rings (SSSR count). The maximum Gasteiger partial charge on any atom is 0.416 e. The fourth-order valence-electron chi connectivity index (χ4n) is 1.74. The molecule has 0 atom stereocenters. The minimum atomic E-state index is -4.51. The van der Waals surface area contributed by atoms with E-state index in [9.17, 15) is 18.0 Å². The molecular formula is C16H22F3NO3S. The second kappa shape index (κ2) is 8.62. The van der Waals surface area contributed by atoms with Gasteiger partial charge >= 0.3 is 12.3 Å². The molecule has 0 heterocycles. The zero-order valence-electron chi connectivity index (χ0n) is 14.1. The maximum atomic E-state index is 13.0. The molecule has 0 aliphatic heterocycles. The average molecular weight is 365 g/mol. The number of alkyl halides is 3. The first-order chi connectivity index (χ1) is 11.0. The highest BCUT2D eigenvalue weighted by molar-refractivity contribution is 7.98. The third kappa shape index (κ3) is 7.92. The predicted molar refractivity (Wildman–Crippen MR) is 88.4 cm³/mol. The van der Waals surface area contributed by atoms with Gasteiger partial charge in [-0.15, -0.1) is 0 Å². The normalized spacial score (nSPS) is 12.1. The van der Waals surface area contributed by atoms with Crippen LogP contribution >= 0.6 is 11.8 Å². The summed E-state index contributed by atoms with van der Waals surface area (Å²) < 4.78 is 49.0. The predicted octanol–water partition coefficient (Wildman–Crippen LogP) is 4.47. The first-order valence-electron chi connectivity index (χ1n) is 7.29. The Hall–Kier alpha value is -1.41. The Bertz CT molecular complexity index is 556. The summed E-state index contributed by atoms with van der Waals surface area (Å²) >= 11 is 1.44. The highest BCUT2D eigenvalue weighted by Gasteiger charge is 2.31. The summed E-state index contributed by atoms with van der Waals surface area (Å²) in [6.07, 6.45) is -5.30. The summed E-state index contributed by atoms with van der Waals surface area (Å²) in [5.74, 6) is 0.895. The van der Waals surface area contributed by atoms with Crippen molar-refractivity contribution in [3.05, 3.63) is 29.3 Å². The van der Waals surface area contributed by atoms with Gasteiger partial charge in [-0.25, -0.2) is 4.79 Å². The molecule has 1 aromatic rings. The highest BCUT2D eigenvalue weighted by Crippen LogP contribution is 2.33. The molecule has 1 N–H and O–H groups in total. The number of hydrogen-bond acceptors (Lipinski definition) is 4. The van der Waals surface area contributed by atoms with Crippen molar-refractivity contribution in [3.8, 4) is 5.75 Å². The quantitative estimate of drug-likeness (QED) is 0.756. The standard InChI is InChI=1S/C16H22F3NO3S/c1-15(2,3)20-14(21)23-13-8-11(10-24-6-5-22-4)7-12(9-13)16(17,18)19/h7-9H,5-6,10H2,1-4H3,(H,20,21). The number of carbonyl (C=O) groups excluding carboxylic acids is 1. The van der Waals surface area contributed by atoms with Crippen LogP contribution in [-0.2, 0) is 16.7 Å². The summed E-state index contributed by atoms with van der Waals surface area (Å²) in [6.45, 7) is 5.76.